The van der Waals surface area contributed by atoms with Crippen LogP contribution in [0.15, 0.2) is 77.2 Å². The van der Waals surface area contributed by atoms with Gasteiger partial charge in [0.05, 0.1) is 19.8 Å². The van der Waals surface area contributed by atoms with Crippen molar-refractivity contribution in [2.45, 2.75) is 19.4 Å². The molecule has 1 N–H and O–H groups in total. The number of nitrogens with one attached hydrogen (secondary N) is 1. The molecule has 34 heavy (non-hydrogen) atoms. The molecule has 3 aromatic carbocycles. The van der Waals surface area contributed by atoms with Crippen LogP contribution in [-0.2, 0) is 4.79 Å². The molecular weight excluding hydrogens is 434 g/mol. The first kappa shape index (κ1) is 22.8. The van der Waals surface area contributed by atoms with Gasteiger partial charge >= 0.3 is 0 Å². The minimum atomic E-state index is -0.745. The predicted octanol–water partition coefficient (Wildman–Crippen LogP) is 5.22. The summed E-state index contributed by atoms with van der Waals surface area (Å²) in [5.74, 6) is 1.99. The average Bonchev–Trinajstić information content (AvgIpc) is 3.38. The van der Waals surface area contributed by atoms with Crippen LogP contribution in [0.1, 0.15) is 13.3 Å². The lowest BCUT2D eigenvalue weighted by atomic mass is 10.2. The van der Waals surface area contributed by atoms with Crippen molar-refractivity contribution in [3.05, 3.63) is 72.8 Å². The van der Waals surface area contributed by atoms with Crippen LogP contribution in [-0.4, -0.2) is 36.4 Å². The maximum atomic E-state index is 13.0. The second kappa shape index (κ2) is 10.5. The SMILES string of the molecule is CC[C@H](Oc1ccccc1-c1nnc(-c2ccccc2)o1)C(=O)Nc1ccc(OC)c(OC)c1. The highest BCUT2D eigenvalue weighted by Crippen LogP contribution is 2.33. The third-order valence-electron chi connectivity index (χ3n) is 5.15. The highest BCUT2D eigenvalue weighted by molar-refractivity contribution is 5.94. The Hall–Kier alpha value is -4.33. The molecule has 0 saturated heterocycles. The molecule has 0 unspecified atom stereocenters. The van der Waals surface area contributed by atoms with E-state index in [2.05, 4.69) is 15.5 Å². The molecular formula is C26H25N3O5. The molecule has 0 spiro atoms. The van der Waals surface area contributed by atoms with Crippen LogP contribution in [0.4, 0.5) is 5.69 Å². The number of hydrogen-bond donors (Lipinski definition) is 1. The normalized spacial score (nSPS) is 11.5. The maximum absolute atomic E-state index is 13.0. The molecule has 174 valence electrons. The van der Waals surface area contributed by atoms with Gasteiger partial charge in [0.25, 0.3) is 11.8 Å². The predicted molar refractivity (Wildman–Crippen MR) is 128 cm³/mol. The van der Waals surface area contributed by atoms with Crippen molar-refractivity contribution >= 4 is 11.6 Å². The summed E-state index contributed by atoms with van der Waals surface area (Å²) in [6.07, 6.45) is -0.294. The highest BCUT2D eigenvalue weighted by atomic mass is 16.5. The number of nitrogens with zero attached hydrogens (tertiary/aromatic N) is 2. The number of rotatable bonds is 9. The molecule has 0 aliphatic carbocycles. The Morgan fingerprint density at radius 2 is 1.59 bits per heavy atom. The van der Waals surface area contributed by atoms with Gasteiger partial charge in [-0.1, -0.05) is 37.3 Å². The Bertz CT molecular complexity index is 1260. The minimum Gasteiger partial charge on any atom is -0.493 e. The summed E-state index contributed by atoms with van der Waals surface area (Å²) < 4.78 is 22.5. The van der Waals surface area contributed by atoms with E-state index >= 15 is 0 Å². The number of anilines is 1. The minimum absolute atomic E-state index is 0.292. The van der Waals surface area contributed by atoms with E-state index in [-0.39, 0.29) is 5.91 Å². The zero-order chi connectivity index (χ0) is 23.9. The van der Waals surface area contributed by atoms with Crippen molar-refractivity contribution in [3.63, 3.8) is 0 Å². The number of carbonyl (C=O) groups excluding carboxylic acids is 1. The first-order chi connectivity index (χ1) is 16.6. The monoisotopic (exact) mass is 459 g/mol. The van der Waals surface area contributed by atoms with Gasteiger partial charge in [-0.25, -0.2) is 0 Å². The van der Waals surface area contributed by atoms with Gasteiger partial charge in [0, 0.05) is 17.3 Å². The quantitative estimate of drug-likeness (QED) is 0.367. The van der Waals surface area contributed by atoms with Crippen LogP contribution in [0.25, 0.3) is 22.9 Å². The Morgan fingerprint density at radius 1 is 0.882 bits per heavy atom. The van der Waals surface area contributed by atoms with Gasteiger partial charge in [0.2, 0.25) is 5.89 Å². The number of hydrogen-bond acceptors (Lipinski definition) is 7. The fourth-order valence-electron chi connectivity index (χ4n) is 3.39. The number of benzene rings is 3. The molecule has 0 radical (unpaired) electrons. The fraction of sp³-hybridized carbons (Fsp3) is 0.192. The van der Waals surface area contributed by atoms with Crippen LogP contribution in [0.5, 0.6) is 17.2 Å². The third kappa shape index (κ3) is 5.01. The summed E-state index contributed by atoms with van der Waals surface area (Å²) in [5, 5.41) is 11.2. The number of aromatic nitrogens is 2. The summed E-state index contributed by atoms with van der Waals surface area (Å²) >= 11 is 0. The molecule has 1 atom stereocenters. The van der Waals surface area contributed by atoms with E-state index < -0.39 is 6.10 Å². The van der Waals surface area contributed by atoms with E-state index in [1.807, 2.05) is 55.5 Å². The molecule has 0 saturated carbocycles. The van der Waals surface area contributed by atoms with E-state index in [0.29, 0.717) is 46.7 Å². The van der Waals surface area contributed by atoms with Crippen molar-refractivity contribution in [2.24, 2.45) is 0 Å². The molecule has 0 bridgehead atoms. The topological polar surface area (TPSA) is 95.7 Å². The lowest BCUT2D eigenvalue weighted by Gasteiger charge is -2.19. The molecule has 0 fully saturated rings. The molecule has 8 heteroatoms. The van der Waals surface area contributed by atoms with Gasteiger partial charge in [-0.15, -0.1) is 10.2 Å². The second-order valence-electron chi connectivity index (χ2n) is 7.35. The van der Waals surface area contributed by atoms with Gasteiger partial charge in [0.15, 0.2) is 17.6 Å². The van der Waals surface area contributed by atoms with Crippen molar-refractivity contribution in [1.82, 2.24) is 10.2 Å². The van der Waals surface area contributed by atoms with E-state index in [0.717, 1.165) is 5.56 Å². The summed E-state index contributed by atoms with van der Waals surface area (Å²) in [6, 6.07) is 21.9. The van der Waals surface area contributed by atoms with Crippen LogP contribution < -0.4 is 19.5 Å². The molecule has 4 rings (SSSR count). The lowest BCUT2D eigenvalue weighted by molar-refractivity contribution is -0.122. The van der Waals surface area contributed by atoms with Crippen molar-refractivity contribution in [1.29, 1.82) is 0 Å². The van der Waals surface area contributed by atoms with E-state index in [9.17, 15) is 4.79 Å². The van der Waals surface area contributed by atoms with Crippen LogP contribution in [0.2, 0.25) is 0 Å². The van der Waals surface area contributed by atoms with Gasteiger partial charge < -0.3 is 23.9 Å². The summed E-state index contributed by atoms with van der Waals surface area (Å²) in [6.45, 7) is 1.88. The van der Waals surface area contributed by atoms with Crippen LogP contribution >= 0.6 is 0 Å². The second-order valence-corrected chi connectivity index (χ2v) is 7.35. The zero-order valence-corrected chi connectivity index (χ0v) is 19.1. The Morgan fingerprint density at radius 3 is 2.32 bits per heavy atom. The largest absolute Gasteiger partial charge is 0.493 e. The van der Waals surface area contributed by atoms with Gasteiger partial charge in [-0.2, -0.15) is 0 Å². The Labute approximate surface area is 197 Å². The van der Waals surface area contributed by atoms with Gasteiger partial charge in [-0.05, 0) is 42.8 Å². The summed E-state index contributed by atoms with van der Waals surface area (Å²) in [4.78, 5) is 13.0. The van der Waals surface area contributed by atoms with E-state index in [1.54, 1.807) is 38.5 Å². The molecule has 8 nitrogen and oxygen atoms in total. The standard InChI is InChI=1S/C26H25N3O5/c1-4-20(24(30)27-18-14-15-22(31-2)23(16-18)32-3)33-21-13-9-8-12-19(21)26-29-28-25(34-26)17-10-6-5-7-11-17/h5-16,20H,4H2,1-3H3,(H,27,30)/t20-/m0/s1. The zero-order valence-electron chi connectivity index (χ0n) is 19.1. The number of ether oxygens (including phenoxy) is 3. The number of para-hydroxylation sites is 1. The third-order valence-corrected chi connectivity index (χ3v) is 5.15. The number of carbonyl (C=O) groups is 1. The summed E-state index contributed by atoms with van der Waals surface area (Å²) in [5.41, 5.74) is 2.00. The fourth-order valence-corrected chi connectivity index (χ4v) is 3.39. The molecule has 4 aromatic rings. The van der Waals surface area contributed by atoms with Crippen molar-refractivity contribution in [3.8, 4) is 40.2 Å². The van der Waals surface area contributed by atoms with Crippen molar-refractivity contribution in [2.75, 3.05) is 19.5 Å². The Balaban J connectivity index is 1.53. The van der Waals surface area contributed by atoms with E-state index in [4.69, 9.17) is 18.6 Å². The van der Waals surface area contributed by atoms with Gasteiger partial charge in [-0.3, -0.25) is 4.79 Å². The number of amides is 1. The summed E-state index contributed by atoms with van der Waals surface area (Å²) in [7, 11) is 3.10. The first-order valence-electron chi connectivity index (χ1n) is 10.8. The smallest absolute Gasteiger partial charge is 0.265 e. The van der Waals surface area contributed by atoms with E-state index in [1.165, 1.54) is 0 Å². The first-order valence-corrected chi connectivity index (χ1v) is 10.8. The highest BCUT2D eigenvalue weighted by Gasteiger charge is 2.22. The lowest BCUT2D eigenvalue weighted by Crippen LogP contribution is -2.32. The maximum Gasteiger partial charge on any atom is 0.265 e. The Kier molecular flexibility index (Phi) is 7.07. The number of methoxy groups -OCH3 is 2. The van der Waals surface area contributed by atoms with Crippen molar-refractivity contribution < 1.29 is 23.4 Å². The molecule has 1 amide bonds. The van der Waals surface area contributed by atoms with Gasteiger partial charge in [0.1, 0.15) is 5.75 Å². The average molecular weight is 460 g/mol. The van der Waals surface area contributed by atoms with Crippen LogP contribution in [0.3, 0.4) is 0 Å². The molecule has 0 aliphatic heterocycles. The molecule has 1 aromatic heterocycles. The van der Waals surface area contributed by atoms with Crippen LogP contribution in [0, 0.1) is 0 Å². The molecule has 1 heterocycles. The molecule has 0 aliphatic rings.